The van der Waals surface area contributed by atoms with Gasteiger partial charge in [-0.15, -0.1) is 0 Å². The molecule has 0 amide bonds. The van der Waals surface area contributed by atoms with Gasteiger partial charge in [0.1, 0.15) is 0 Å². The molecule has 0 atom stereocenters. The minimum Gasteiger partial charge on any atom is -0.267 e. The van der Waals surface area contributed by atoms with Crippen LogP contribution in [0.2, 0.25) is 0 Å². The van der Waals surface area contributed by atoms with Gasteiger partial charge in [-0.2, -0.15) is 0 Å². The zero-order valence-corrected chi connectivity index (χ0v) is 18.1. The molecule has 4 aromatic rings. The van der Waals surface area contributed by atoms with Crippen molar-refractivity contribution in [1.29, 1.82) is 0 Å². The Balaban J connectivity index is 1.75. The molecule has 5 heteroatoms. The summed E-state index contributed by atoms with van der Waals surface area (Å²) in [5.41, 5.74) is 3.55. The standard InChI is InChI=1S/C27H20N4S/c32-26-25(28-21-13-5-1-6-14-21)30(23-17-9-3-10-18-23)27(29-22-15-7-2-8-16-22)31(26)24-19-11-4-12-20-24/h1-20H/b28-25-,29-27-. The van der Waals surface area contributed by atoms with Crippen molar-refractivity contribution in [1.82, 2.24) is 0 Å². The van der Waals surface area contributed by atoms with Crippen molar-refractivity contribution < 1.29 is 0 Å². The summed E-state index contributed by atoms with van der Waals surface area (Å²) in [7, 11) is 0. The van der Waals surface area contributed by atoms with Crippen LogP contribution >= 0.6 is 12.2 Å². The van der Waals surface area contributed by atoms with Gasteiger partial charge in [0.2, 0.25) is 5.96 Å². The molecule has 0 radical (unpaired) electrons. The van der Waals surface area contributed by atoms with Crippen molar-refractivity contribution in [3.8, 4) is 0 Å². The molecule has 0 aromatic heterocycles. The summed E-state index contributed by atoms with van der Waals surface area (Å²) >= 11 is 5.99. The van der Waals surface area contributed by atoms with Crippen LogP contribution in [0, 0.1) is 0 Å². The number of nitrogens with zero attached hydrogens (tertiary/aromatic N) is 4. The topological polar surface area (TPSA) is 31.2 Å². The minimum absolute atomic E-state index is 0.596. The molecule has 0 bridgehead atoms. The monoisotopic (exact) mass is 432 g/mol. The fourth-order valence-corrected chi connectivity index (χ4v) is 3.87. The number of aliphatic imine (C=N–C) groups is 2. The van der Waals surface area contributed by atoms with E-state index in [1.165, 1.54) is 0 Å². The second-order valence-electron chi connectivity index (χ2n) is 7.17. The van der Waals surface area contributed by atoms with Crippen molar-refractivity contribution >= 4 is 51.8 Å². The highest BCUT2D eigenvalue weighted by Gasteiger charge is 2.39. The molecule has 1 fully saturated rings. The van der Waals surface area contributed by atoms with Gasteiger partial charge in [0, 0.05) is 0 Å². The van der Waals surface area contributed by atoms with Gasteiger partial charge >= 0.3 is 0 Å². The first-order chi connectivity index (χ1) is 15.8. The third kappa shape index (κ3) is 3.94. The van der Waals surface area contributed by atoms with Crippen LogP contribution in [0.25, 0.3) is 0 Å². The molecule has 0 aliphatic carbocycles. The Morgan fingerprint density at radius 1 is 0.469 bits per heavy atom. The molecule has 32 heavy (non-hydrogen) atoms. The molecule has 0 unspecified atom stereocenters. The number of hydrogen-bond donors (Lipinski definition) is 0. The molecule has 0 N–H and O–H groups in total. The van der Waals surface area contributed by atoms with E-state index < -0.39 is 0 Å². The van der Waals surface area contributed by atoms with Crippen LogP contribution in [0.15, 0.2) is 131 Å². The van der Waals surface area contributed by atoms with Gasteiger partial charge in [-0.05, 0) is 48.5 Å². The summed E-state index contributed by atoms with van der Waals surface area (Å²) in [4.78, 5) is 14.6. The second kappa shape index (κ2) is 8.96. The number of rotatable bonds is 4. The fraction of sp³-hybridized carbons (Fsp3) is 0. The van der Waals surface area contributed by atoms with Gasteiger partial charge in [0.05, 0.1) is 22.7 Å². The maximum absolute atomic E-state index is 5.99. The largest absolute Gasteiger partial charge is 0.267 e. The Kier molecular flexibility index (Phi) is 5.56. The van der Waals surface area contributed by atoms with Gasteiger partial charge in [-0.3, -0.25) is 9.80 Å². The van der Waals surface area contributed by atoms with Crippen LogP contribution in [0.1, 0.15) is 0 Å². The highest BCUT2D eigenvalue weighted by Crippen LogP contribution is 2.31. The van der Waals surface area contributed by atoms with E-state index in [0.717, 1.165) is 22.7 Å². The van der Waals surface area contributed by atoms with Gasteiger partial charge in [0.15, 0.2) is 10.8 Å². The third-order valence-electron chi connectivity index (χ3n) is 5.01. The highest BCUT2D eigenvalue weighted by atomic mass is 32.1. The first-order valence-electron chi connectivity index (χ1n) is 10.3. The molecule has 4 nitrogen and oxygen atoms in total. The average Bonchev–Trinajstić information content (AvgIpc) is 3.12. The van der Waals surface area contributed by atoms with Crippen LogP contribution < -0.4 is 9.80 Å². The predicted molar refractivity (Wildman–Crippen MR) is 138 cm³/mol. The molecule has 1 aliphatic heterocycles. The first kappa shape index (κ1) is 19.8. The lowest BCUT2D eigenvalue weighted by Crippen LogP contribution is -2.35. The van der Waals surface area contributed by atoms with Crippen LogP contribution in [-0.2, 0) is 0 Å². The lowest BCUT2D eigenvalue weighted by Gasteiger charge is -2.22. The van der Waals surface area contributed by atoms with E-state index in [2.05, 4.69) is 0 Å². The van der Waals surface area contributed by atoms with E-state index in [-0.39, 0.29) is 0 Å². The number of benzene rings is 4. The molecule has 4 aromatic carbocycles. The molecule has 1 aliphatic rings. The van der Waals surface area contributed by atoms with Crippen molar-refractivity contribution in [2.45, 2.75) is 0 Å². The van der Waals surface area contributed by atoms with E-state index >= 15 is 0 Å². The summed E-state index contributed by atoms with van der Waals surface area (Å²) in [5.74, 6) is 1.35. The number of thiocarbonyl (C=S) groups is 1. The number of anilines is 2. The maximum Gasteiger partial charge on any atom is 0.222 e. The van der Waals surface area contributed by atoms with Crippen LogP contribution in [0.5, 0.6) is 0 Å². The van der Waals surface area contributed by atoms with Gasteiger partial charge in [-0.1, -0.05) is 85.0 Å². The number of hydrogen-bond acceptors (Lipinski definition) is 3. The molecule has 5 rings (SSSR count). The quantitative estimate of drug-likeness (QED) is 0.334. The Morgan fingerprint density at radius 2 is 0.875 bits per heavy atom. The van der Waals surface area contributed by atoms with Crippen molar-refractivity contribution in [2.24, 2.45) is 9.98 Å². The fourth-order valence-electron chi connectivity index (χ4n) is 3.55. The maximum atomic E-state index is 5.99. The van der Waals surface area contributed by atoms with Crippen LogP contribution in [0.4, 0.5) is 22.7 Å². The first-order valence-corrected chi connectivity index (χ1v) is 10.7. The molecule has 1 saturated heterocycles. The summed E-state index contributed by atoms with van der Waals surface area (Å²) in [5, 5.41) is 0. The summed E-state index contributed by atoms with van der Waals surface area (Å²) in [6.45, 7) is 0. The number of para-hydroxylation sites is 4. The highest BCUT2D eigenvalue weighted by molar-refractivity contribution is 7.82. The molecule has 0 spiro atoms. The third-order valence-corrected chi connectivity index (χ3v) is 5.38. The molecule has 154 valence electrons. The predicted octanol–water partition coefficient (Wildman–Crippen LogP) is 6.76. The van der Waals surface area contributed by atoms with E-state index in [1.807, 2.05) is 131 Å². The molecular weight excluding hydrogens is 412 g/mol. The van der Waals surface area contributed by atoms with E-state index in [9.17, 15) is 0 Å². The lowest BCUT2D eigenvalue weighted by molar-refractivity contribution is 1.33. The summed E-state index contributed by atoms with van der Waals surface area (Å²) in [6, 6.07) is 39.9. The SMILES string of the molecule is S=C1/C(=N/c2ccccc2)N(c2ccccc2)/C(=N/c2ccccc2)N1c1ccccc1. The Morgan fingerprint density at radius 3 is 1.38 bits per heavy atom. The zero-order valence-electron chi connectivity index (χ0n) is 17.2. The lowest BCUT2D eigenvalue weighted by atomic mass is 10.3. The summed E-state index contributed by atoms with van der Waals surface area (Å²) in [6.07, 6.45) is 0. The average molecular weight is 433 g/mol. The second-order valence-corrected chi connectivity index (χ2v) is 7.55. The van der Waals surface area contributed by atoms with Crippen molar-refractivity contribution in [2.75, 3.05) is 9.80 Å². The molecule has 0 saturated carbocycles. The Hall–Kier alpha value is -4.09. The Bertz CT molecular complexity index is 1270. The Labute approximate surface area is 192 Å². The van der Waals surface area contributed by atoms with Gasteiger partial charge < -0.3 is 0 Å². The molecular formula is C27H20N4S. The smallest absolute Gasteiger partial charge is 0.222 e. The van der Waals surface area contributed by atoms with E-state index in [1.54, 1.807) is 0 Å². The molecule has 1 heterocycles. The van der Waals surface area contributed by atoms with E-state index in [4.69, 9.17) is 22.2 Å². The zero-order chi connectivity index (χ0) is 21.8. The summed E-state index contributed by atoms with van der Waals surface area (Å²) < 4.78 is 0. The normalized spacial score (nSPS) is 16.2. The number of guanidine groups is 1. The van der Waals surface area contributed by atoms with Crippen molar-refractivity contribution in [3.63, 3.8) is 0 Å². The van der Waals surface area contributed by atoms with Crippen LogP contribution in [-0.4, -0.2) is 16.8 Å². The number of amidine groups is 1. The minimum atomic E-state index is 0.596. The van der Waals surface area contributed by atoms with E-state index in [0.29, 0.717) is 16.8 Å². The van der Waals surface area contributed by atoms with Gasteiger partial charge in [0.25, 0.3) is 0 Å². The van der Waals surface area contributed by atoms with Crippen LogP contribution in [0.3, 0.4) is 0 Å². The van der Waals surface area contributed by atoms with Crippen molar-refractivity contribution in [3.05, 3.63) is 121 Å². The van der Waals surface area contributed by atoms with Gasteiger partial charge in [-0.25, -0.2) is 9.98 Å².